The monoisotopic (exact) mass is 336 g/mol. The summed E-state index contributed by atoms with van der Waals surface area (Å²) in [6.45, 7) is 0.654. The van der Waals surface area contributed by atoms with Gasteiger partial charge in [-0.1, -0.05) is 12.1 Å². The van der Waals surface area contributed by atoms with Gasteiger partial charge in [0, 0.05) is 12.7 Å². The van der Waals surface area contributed by atoms with Gasteiger partial charge in [-0.05, 0) is 41.5 Å². The number of aromatic nitrogens is 1. The number of carbonyl (C=O) groups excluding carboxylic acids is 1. The normalized spacial score (nSPS) is 12.2. The SMILES string of the molecule is O=C(Cc1ccc2c(c1)OCO2)NCc1ccc(-c2ccco2)nc1. The Hall–Kier alpha value is -3.28. The van der Waals surface area contributed by atoms with E-state index in [9.17, 15) is 4.79 Å². The number of nitrogens with one attached hydrogen (secondary N) is 1. The molecule has 25 heavy (non-hydrogen) atoms. The highest BCUT2D eigenvalue weighted by atomic mass is 16.7. The second-order valence-corrected chi connectivity index (χ2v) is 5.67. The fourth-order valence-corrected chi connectivity index (χ4v) is 2.60. The lowest BCUT2D eigenvalue weighted by atomic mass is 10.1. The number of hydrogen-bond acceptors (Lipinski definition) is 5. The average molecular weight is 336 g/mol. The van der Waals surface area contributed by atoms with Gasteiger partial charge in [0.1, 0.15) is 5.69 Å². The molecule has 1 amide bonds. The predicted molar refractivity (Wildman–Crippen MR) is 90.1 cm³/mol. The lowest BCUT2D eigenvalue weighted by molar-refractivity contribution is -0.120. The molecule has 0 saturated heterocycles. The van der Waals surface area contributed by atoms with Gasteiger partial charge in [-0.2, -0.15) is 0 Å². The van der Waals surface area contributed by atoms with Crippen LogP contribution in [0.1, 0.15) is 11.1 Å². The fourth-order valence-electron chi connectivity index (χ4n) is 2.60. The summed E-state index contributed by atoms with van der Waals surface area (Å²) in [5, 5.41) is 2.89. The number of benzene rings is 1. The molecular weight excluding hydrogens is 320 g/mol. The lowest BCUT2D eigenvalue weighted by Gasteiger charge is -2.06. The second-order valence-electron chi connectivity index (χ2n) is 5.67. The van der Waals surface area contributed by atoms with Crippen LogP contribution >= 0.6 is 0 Å². The third-order valence-electron chi connectivity index (χ3n) is 3.89. The first kappa shape index (κ1) is 15.3. The molecule has 6 heteroatoms. The zero-order chi connectivity index (χ0) is 17.1. The Bertz CT molecular complexity index is 873. The lowest BCUT2D eigenvalue weighted by Crippen LogP contribution is -2.24. The first-order valence-corrected chi connectivity index (χ1v) is 7.92. The van der Waals surface area contributed by atoms with E-state index in [0.717, 1.165) is 22.6 Å². The zero-order valence-corrected chi connectivity index (χ0v) is 13.4. The number of nitrogens with zero attached hydrogens (tertiary/aromatic N) is 1. The maximum absolute atomic E-state index is 12.1. The highest BCUT2D eigenvalue weighted by Gasteiger charge is 2.14. The molecule has 0 spiro atoms. The van der Waals surface area contributed by atoms with Gasteiger partial charge in [0.05, 0.1) is 12.7 Å². The van der Waals surface area contributed by atoms with Crippen LogP contribution in [0.25, 0.3) is 11.5 Å². The van der Waals surface area contributed by atoms with Gasteiger partial charge in [0.15, 0.2) is 17.3 Å². The van der Waals surface area contributed by atoms with E-state index in [4.69, 9.17) is 13.9 Å². The molecule has 0 atom stereocenters. The van der Waals surface area contributed by atoms with Crippen molar-refractivity contribution in [2.45, 2.75) is 13.0 Å². The molecule has 1 aliphatic rings. The van der Waals surface area contributed by atoms with E-state index in [-0.39, 0.29) is 19.1 Å². The van der Waals surface area contributed by atoms with E-state index in [1.807, 2.05) is 42.5 Å². The van der Waals surface area contributed by atoms with Gasteiger partial charge < -0.3 is 19.2 Å². The molecule has 0 unspecified atom stereocenters. The Morgan fingerprint density at radius 2 is 1.96 bits per heavy atom. The van der Waals surface area contributed by atoms with Crippen molar-refractivity contribution in [1.29, 1.82) is 0 Å². The van der Waals surface area contributed by atoms with Gasteiger partial charge in [0.25, 0.3) is 0 Å². The van der Waals surface area contributed by atoms with Crippen LogP contribution in [0.2, 0.25) is 0 Å². The Labute approximate surface area is 144 Å². The molecule has 4 rings (SSSR count). The van der Waals surface area contributed by atoms with Crippen LogP contribution in [-0.2, 0) is 17.8 Å². The molecule has 126 valence electrons. The fraction of sp³-hybridized carbons (Fsp3) is 0.158. The van der Waals surface area contributed by atoms with E-state index in [1.54, 1.807) is 12.5 Å². The van der Waals surface area contributed by atoms with Gasteiger partial charge >= 0.3 is 0 Å². The largest absolute Gasteiger partial charge is 0.463 e. The first-order chi connectivity index (χ1) is 12.3. The molecular formula is C19H16N2O4. The van der Waals surface area contributed by atoms with Gasteiger partial charge in [-0.15, -0.1) is 0 Å². The van der Waals surface area contributed by atoms with Crippen LogP contribution < -0.4 is 14.8 Å². The highest BCUT2D eigenvalue weighted by Crippen LogP contribution is 2.32. The summed E-state index contributed by atoms with van der Waals surface area (Å²) in [5.74, 6) is 2.06. The molecule has 1 aromatic carbocycles. The van der Waals surface area contributed by atoms with Crippen molar-refractivity contribution in [3.63, 3.8) is 0 Å². The van der Waals surface area contributed by atoms with Crippen LogP contribution in [0.5, 0.6) is 11.5 Å². The van der Waals surface area contributed by atoms with Crippen LogP contribution in [-0.4, -0.2) is 17.7 Å². The number of hydrogen-bond donors (Lipinski definition) is 1. The van der Waals surface area contributed by atoms with Crippen molar-refractivity contribution in [1.82, 2.24) is 10.3 Å². The summed E-state index contributed by atoms with van der Waals surface area (Å²) in [6.07, 6.45) is 3.63. The molecule has 2 aromatic heterocycles. The first-order valence-electron chi connectivity index (χ1n) is 7.92. The van der Waals surface area contributed by atoms with Crippen molar-refractivity contribution in [3.8, 4) is 23.0 Å². The van der Waals surface area contributed by atoms with E-state index in [0.29, 0.717) is 18.0 Å². The Kier molecular flexibility index (Phi) is 4.08. The van der Waals surface area contributed by atoms with Crippen molar-refractivity contribution in [2.75, 3.05) is 6.79 Å². The molecule has 1 N–H and O–H groups in total. The van der Waals surface area contributed by atoms with E-state index in [1.165, 1.54) is 0 Å². The number of amides is 1. The van der Waals surface area contributed by atoms with Gasteiger partial charge in [-0.25, -0.2) is 0 Å². The Balaban J connectivity index is 1.32. The highest BCUT2D eigenvalue weighted by molar-refractivity contribution is 5.78. The summed E-state index contributed by atoms with van der Waals surface area (Å²) < 4.78 is 15.9. The third-order valence-corrected chi connectivity index (χ3v) is 3.89. The number of fused-ring (bicyclic) bond motifs is 1. The molecule has 3 heterocycles. The zero-order valence-electron chi connectivity index (χ0n) is 13.4. The number of pyridine rings is 1. The summed E-state index contributed by atoms with van der Waals surface area (Å²) in [7, 11) is 0. The molecule has 0 radical (unpaired) electrons. The quantitative estimate of drug-likeness (QED) is 0.775. The molecule has 0 fully saturated rings. The Morgan fingerprint density at radius 1 is 1.08 bits per heavy atom. The summed E-state index contributed by atoms with van der Waals surface area (Å²) in [6, 6.07) is 13.0. The van der Waals surface area contributed by atoms with Crippen LogP contribution in [0.3, 0.4) is 0 Å². The molecule has 0 aliphatic carbocycles. The maximum Gasteiger partial charge on any atom is 0.231 e. The molecule has 3 aromatic rings. The minimum Gasteiger partial charge on any atom is -0.463 e. The molecule has 6 nitrogen and oxygen atoms in total. The smallest absolute Gasteiger partial charge is 0.231 e. The summed E-state index contributed by atoms with van der Waals surface area (Å²) >= 11 is 0. The molecule has 0 bridgehead atoms. The number of ether oxygens (including phenoxy) is 2. The third kappa shape index (κ3) is 3.47. The minimum absolute atomic E-state index is 0.0611. The predicted octanol–water partition coefficient (Wildman–Crippen LogP) is 2.93. The van der Waals surface area contributed by atoms with Crippen molar-refractivity contribution < 1.29 is 18.7 Å². The van der Waals surface area contributed by atoms with Crippen molar-refractivity contribution >= 4 is 5.91 Å². The maximum atomic E-state index is 12.1. The second kappa shape index (κ2) is 6.68. The molecule has 0 saturated carbocycles. The van der Waals surface area contributed by atoms with E-state index >= 15 is 0 Å². The van der Waals surface area contributed by atoms with Crippen LogP contribution in [0.4, 0.5) is 0 Å². The van der Waals surface area contributed by atoms with Gasteiger partial charge in [-0.3, -0.25) is 9.78 Å². The van der Waals surface area contributed by atoms with Crippen molar-refractivity contribution in [3.05, 3.63) is 66.1 Å². The minimum atomic E-state index is -0.0611. The number of rotatable bonds is 5. The number of furan rings is 1. The van der Waals surface area contributed by atoms with Crippen LogP contribution in [0.15, 0.2) is 59.3 Å². The van der Waals surface area contributed by atoms with E-state index < -0.39 is 0 Å². The summed E-state index contributed by atoms with van der Waals surface area (Å²) in [5.41, 5.74) is 2.57. The topological polar surface area (TPSA) is 73.6 Å². The standard InChI is InChI=1S/C19H16N2O4/c22-19(9-13-4-6-17-18(8-13)25-12-24-17)21-11-14-3-5-15(20-10-14)16-2-1-7-23-16/h1-8,10H,9,11-12H2,(H,21,22). The van der Waals surface area contributed by atoms with Crippen LogP contribution in [0, 0.1) is 0 Å². The van der Waals surface area contributed by atoms with Crippen molar-refractivity contribution in [2.24, 2.45) is 0 Å². The number of carbonyl (C=O) groups is 1. The van der Waals surface area contributed by atoms with Gasteiger partial charge in [0.2, 0.25) is 12.7 Å². The Morgan fingerprint density at radius 3 is 2.76 bits per heavy atom. The van der Waals surface area contributed by atoms with E-state index in [2.05, 4.69) is 10.3 Å². The molecule has 1 aliphatic heterocycles. The average Bonchev–Trinajstić information content (AvgIpc) is 3.32. The summed E-state index contributed by atoms with van der Waals surface area (Å²) in [4.78, 5) is 16.5.